The van der Waals surface area contributed by atoms with Gasteiger partial charge in [-0.1, -0.05) is 0 Å². The van der Waals surface area contributed by atoms with Gasteiger partial charge in [-0.3, -0.25) is 0 Å². The number of rotatable bonds is 2. The minimum absolute atomic E-state index is 0.00118. The Morgan fingerprint density at radius 3 is 2.56 bits per heavy atom. The SMILES string of the molecule is Cc1c(CNC(C)(C)C)oc2c(Br)ccc(F)c12. The Bertz CT molecular complexity index is 583. The molecule has 0 radical (unpaired) electrons. The van der Waals surface area contributed by atoms with E-state index in [2.05, 4.69) is 42.0 Å². The van der Waals surface area contributed by atoms with Crippen LogP contribution in [-0.4, -0.2) is 5.54 Å². The average molecular weight is 314 g/mol. The molecule has 2 rings (SSSR count). The van der Waals surface area contributed by atoms with E-state index in [1.54, 1.807) is 6.07 Å². The smallest absolute Gasteiger partial charge is 0.151 e. The van der Waals surface area contributed by atoms with Crippen LogP contribution < -0.4 is 5.32 Å². The highest BCUT2D eigenvalue weighted by molar-refractivity contribution is 9.10. The maximum Gasteiger partial charge on any atom is 0.151 e. The van der Waals surface area contributed by atoms with Crippen LogP contribution in [0.3, 0.4) is 0 Å². The van der Waals surface area contributed by atoms with E-state index < -0.39 is 0 Å². The zero-order valence-corrected chi connectivity index (χ0v) is 12.6. The van der Waals surface area contributed by atoms with Gasteiger partial charge < -0.3 is 9.73 Å². The van der Waals surface area contributed by atoms with Crippen molar-refractivity contribution in [1.29, 1.82) is 0 Å². The normalized spacial score (nSPS) is 12.3. The number of nitrogens with one attached hydrogen (secondary N) is 1. The largest absolute Gasteiger partial charge is 0.458 e. The Labute approximate surface area is 115 Å². The van der Waals surface area contributed by atoms with Crippen LogP contribution in [0.2, 0.25) is 0 Å². The molecule has 1 aromatic heterocycles. The fourth-order valence-corrected chi connectivity index (χ4v) is 2.25. The lowest BCUT2D eigenvalue weighted by atomic mass is 10.1. The quantitative estimate of drug-likeness (QED) is 0.881. The Morgan fingerprint density at radius 1 is 1.33 bits per heavy atom. The highest BCUT2D eigenvalue weighted by atomic mass is 79.9. The second-order valence-electron chi connectivity index (χ2n) is 5.49. The first-order valence-corrected chi connectivity index (χ1v) is 6.70. The van der Waals surface area contributed by atoms with E-state index >= 15 is 0 Å². The van der Waals surface area contributed by atoms with Crippen molar-refractivity contribution >= 4 is 26.9 Å². The van der Waals surface area contributed by atoms with Crippen LogP contribution in [0.25, 0.3) is 11.0 Å². The molecule has 2 nitrogen and oxygen atoms in total. The first kappa shape index (κ1) is 13.6. The standard InChI is InChI=1S/C14H17BrFNO/c1-8-11(7-17-14(2,3)4)18-13-9(15)5-6-10(16)12(8)13/h5-6,17H,7H2,1-4H3. The number of hydrogen-bond acceptors (Lipinski definition) is 2. The Balaban J connectivity index is 2.45. The molecule has 2 aromatic rings. The molecule has 1 heterocycles. The van der Waals surface area contributed by atoms with Gasteiger partial charge in [0, 0.05) is 11.1 Å². The van der Waals surface area contributed by atoms with Crippen molar-refractivity contribution in [3.05, 3.63) is 33.7 Å². The lowest BCUT2D eigenvalue weighted by molar-refractivity contribution is 0.394. The minimum Gasteiger partial charge on any atom is -0.458 e. The van der Waals surface area contributed by atoms with Crippen molar-refractivity contribution in [3.8, 4) is 0 Å². The van der Waals surface area contributed by atoms with E-state index in [-0.39, 0.29) is 11.4 Å². The molecule has 1 aromatic carbocycles. The van der Waals surface area contributed by atoms with Crippen LogP contribution in [-0.2, 0) is 6.54 Å². The van der Waals surface area contributed by atoms with Crippen LogP contribution in [0.4, 0.5) is 4.39 Å². The summed E-state index contributed by atoms with van der Waals surface area (Å²) in [4.78, 5) is 0. The van der Waals surface area contributed by atoms with Gasteiger partial charge in [-0.05, 0) is 55.8 Å². The molecule has 0 saturated heterocycles. The summed E-state index contributed by atoms with van der Waals surface area (Å²) < 4.78 is 20.4. The zero-order valence-electron chi connectivity index (χ0n) is 11.0. The molecule has 0 aliphatic rings. The zero-order chi connectivity index (χ0) is 13.5. The van der Waals surface area contributed by atoms with Crippen LogP contribution in [0.15, 0.2) is 21.0 Å². The topological polar surface area (TPSA) is 25.2 Å². The fourth-order valence-electron chi connectivity index (χ4n) is 1.84. The van der Waals surface area contributed by atoms with Crippen molar-refractivity contribution in [3.63, 3.8) is 0 Å². The van der Waals surface area contributed by atoms with Gasteiger partial charge >= 0.3 is 0 Å². The molecule has 0 aliphatic heterocycles. The maximum atomic E-state index is 13.8. The molecule has 0 unspecified atom stereocenters. The van der Waals surface area contributed by atoms with Crippen molar-refractivity contribution in [2.75, 3.05) is 0 Å². The number of hydrogen-bond donors (Lipinski definition) is 1. The van der Waals surface area contributed by atoms with Gasteiger partial charge in [0.25, 0.3) is 0 Å². The Kier molecular flexibility index (Phi) is 3.52. The second-order valence-corrected chi connectivity index (χ2v) is 6.34. The lowest BCUT2D eigenvalue weighted by Crippen LogP contribution is -2.35. The third-order valence-corrected chi connectivity index (χ3v) is 3.48. The summed E-state index contributed by atoms with van der Waals surface area (Å²) in [6, 6.07) is 3.12. The first-order valence-electron chi connectivity index (χ1n) is 5.90. The van der Waals surface area contributed by atoms with Gasteiger partial charge in [0.1, 0.15) is 11.6 Å². The number of benzene rings is 1. The van der Waals surface area contributed by atoms with E-state index in [9.17, 15) is 4.39 Å². The first-order chi connectivity index (χ1) is 8.29. The summed E-state index contributed by atoms with van der Waals surface area (Å²) in [6.07, 6.45) is 0. The number of halogens is 2. The van der Waals surface area contributed by atoms with Crippen molar-refractivity contribution in [2.45, 2.75) is 39.8 Å². The summed E-state index contributed by atoms with van der Waals surface area (Å²) in [5.41, 5.74) is 1.44. The van der Waals surface area contributed by atoms with E-state index in [4.69, 9.17) is 4.42 Å². The Hall–Kier alpha value is -0.870. The van der Waals surface area contributed by atoms with Gasteiger partial charge in [0.2, 0.25) is 0 Å². The van der Waals surface area contributed by atoms with Gasteiger partial charge in [-0.2, -0.15) is 0 Å². The van der Waals surface area contributed by atoms with E-state index in [0.717, 1.165) is 15.8 Å². The highest BCUT2D eigenvalue weighted by Crippen LogP contribution is 2.33. The molecule has 0 atom stereocenters. The van der Waals surface area contributed by atoms with Crippen molar-refractivity contribution < 1.29 is 8.81 Å². The molecule has 0 fully saturated rings. The molecule has 0 bridgehead atoms. The third-order valence-electron chi connectivity index (χ3n) is 2.86. The van der Waals surface area contributed by atoms with E-state index in [1.807, 2.05) is 6.92 Å². The predicted molar refractivity (Wildman–Crippen MR) is 75.2 cm³/mol. The van der Waals surface area contributed by atoms with E-state index in [0.29, 0.717) is 17.5 Å². The number of aryl methyl sites for hydroxylation is 1. The number of fused-ring (bicyclic) bond motifs is 1. The van der Waals surface area contributed by atoms with Crippen molar-refractivity contribution in [1.82, 2.24) is 5.32 Å². The molecular weight excluding hydrogens is 297 g/mol. The van der Waals surface area contributed by atoms with Crippen LogP contribution in [0.5, 0.6) is 0 Å². The third kappa shape index (κ3) is 2.59. The molecule has 98 valence electrons. The minimum atomic E-state index is -0.239. The Morgan fingerprint density at radius 2 is 2.00 bits per heavy atom. The maximum absolute atomic E-state index is 13.8. The predicted octanol–water partition coefficient (Wildman–Crippen LogP) is 4.53. The summed E-state index contributed by atoms with van der Waals surface area (Å²) in [5, 5.41) is 3.91. The van der Waals surface area contributed by atoms with Gasteiger partial charge in [0.05, 0.1) is 16.4 Å². The molecule has 0 saturated carbocycles. The molecule has 0 amide bonds. The monoisotopic (exact) mass is 313 g/mol. The van der Waals surface area contributed by atoms with Crippen LogP contribution >= 0.6 is 15.9 Å². The van der Waals surface area contributed by atoms with Crippen LogP contribution in [0.1, 0.15) is 32.1 Å². The summed E-state index contributed by atoms with van der Waals surface area (Å²) in [7, 11) is 0. The molecule has 0 aliphatic carbocycles. The second kappa shape index (κ2) is 4.67. The van der Waals surface area contributed by atoms with Crippen LogP contribution in [0, 0.1) is 12.7 Å². The van der Waals surface area contributed by atoms with Crippen molar-refractivity contribution in [2.24, 2.45) is 0 Å². The summed E-state index contributed by atoms with van der Waals surface area (Å²) in [5.74, 6) is 0.544. The lowest BCUT2D eigenvalue weighted by Gasteiger charge is -2.19. The molecule has 1 N–H and O–H groups in total. The highest BCUT2D eigenvalue weighted by Gasteiger charge is 2.18. The molecule has 18 heavy (non-hydrogen) atoms. The summed E-state index contributed by atoms with van der Waals surface area (Å²) in [6.45, 7) is 8.74. The average Bonchev–Trinajstić information content (AvgIpc) is 2.59. The molecule has 4 heteroatoms. The van der Waals surface area contributed by atoms with Gasteiger partial charge in [-0.25, -0.2) is 4.39 Å². The number of furan rings is 1. The van der Waals surface area contributed by atoms with Gasteiger partial charge in [-0.15, -0.1) is 0 Å². The van der Waals surface area contributed by atoms with Gasteiger partial charge in [0.15, 0.2) is 5.58 Å². The molecule has 0 spiro atoms. The summed E-state index contributed by atoms with van der Waals surface area (Å²) >= 11 is 3.39. The molecular formula is C14H17BrFNO. The van der Waals surface area contributed by atoms with E-state index in [1.165, 1.54) is 6.07 Å². The fraction of sp³-hybridized carbons (Fsp3) is 0.429.